The van der Waals surface area contributed by atoms with E-state index in [1.165, 1.54) is 16.8 Å². The van der Waals surface area contributed by atoms with E-state index in [1.807, 2.05) is 20.8 Å². The predicted molar refractivity (Wildman–Crippen MR) is 72.0 cm³/mol. The van der Waals surface area contributed by atoms with Crippen LogP contribution in [0.1, 0.15) is 36.8 Å². The molecule has 0 aliphatic rings. The molecule has 19 heavy (non-hydrogen) atoms. The summed E-state index contributed by atoms with van der Waals surface area (Å²) in [7, 11) is 0. The zero-order valence-corrected chi connectivity index (χ0v) is 11.1. The third kappa shape index (κ3) is 2.59. The third-order valence-corrected chi connectivity index (χ3v) is 2.90. The van der Waals surface area contributed by atoms with Crippen LogP contribution in [0, 0.1) is 0 Å². The number of H-pyrrole nitrogens is 1. The van der Waals surface area contributed by atoms with Crippen LogP contribution in [-0.2, 0) is 5.41 Å². The number of aromatic amines is 1. The van der Waals surface area contributed by atoms with Gasteiger partial charge in [0.25, 0.3) is 5.56 Å². The average Bonchev–Trinajstić information content (AvgIpc) is 2.71. The molecular weight excluding hydrogens is 244 g/mol. The Hall–Kier alpha value is -2.30. The Balaban J connectivity index is 2.45. The van der Waals surface area contributed by atoms with Crippen molar-refractivity contribution in [2.24, 2.45) is 0 Å². The van der Waals surface area contributed by atoms with E-state index in [0.717, 1.165) is 5.69 Å². The summed E-state index contributed by atoms with van der Waals surface area (Å²) in [6, 6.07) is 7.72. The van der Waals surface area contributed by atoms with E-state index in [-0.39, 0.29) is 16.5 Å². The van der Waals surface area contributed by atoms with Gasteiger partial charge in [-0.25, -0.2) is 9.48 Å². The van der Waals surface area contributed by atoms with Gasteiger partial charge in [0.1, 0.15) is 0 Å². The van der Waals surface area contributed by atoms with Gasteiger partial charge >= 0.3 is 5.97 Å². The van der Waals surface area contributed by atoms with Crippen molar-refractivity contribution in [3.63, 3.8) is 0 Å². The number of carbonyl (C=O) groups is 1. The van der Waals surface area contributed by atoms with Gasteiger partial charge < -0.3 is 5.11 Å². The Bertz CT molecular complexity index is 657. The molecule has 1 heterocycles. The van der Waals surface area contributed by atoms with Crippen molar-refractivity contribution in [2.75, 3.05) is 0 Å². The molecule has 5 nitrogen and oxygen atoms in total. The molecule has 0 spiro atoms. The normalized spacial score (nSPS) is 11.5. The highest BCUT2D eigenvalue weighted by atomic mass is 16.4. The molecule has 0 saturated carbocycles. The van der Waals surface area contributed by atoms with Gasteiger partial charge in [0.15, 0.2) is 0 Å². The first kappa shape index (κ1) is 13.1. The van der Waals surface area contributed by atoms with Crippen molar-refractivity contribution >= 4 is 5.97 Å². The molecule has 1 aromatic carbocycles. The van der Waals surface area contributed by atoms with E-state index in [0.29, 0.717) is 5.69 Å². The summed E-state index contributed by atoms with van der Waals surface area (Å²) in [5.41, 5.74) is 1.34. The molecule has 0 atom stereocenters. The van der Waals surface area contributed by atoms with E-state index in [1.54, 1.807) is 18.2 Å². The van der Waals surface area contributed by atoms with Gasteiger partial charge in [-0.3, -0.25) is 9.89 Å². The van der Waals surface area contributed by atoms with Crippen molar-refractivity contribution < 1.29 is 9.90 Å². The lowest BCUT2D eigenvalue weighted by atomic mass is 9.93. The molecule has 100 valence electrons. The van der Waals surface area contributed by atoms with E-state index in [2.05, 4.69) is 5.10 Å². The maximum absolute atomic E-state index is 11.9. The Kier molecular flexibility index (Phi) is 3.06. The van der Waals surface area contributed by atoms with E-state index in [4.69, 9.17) is 5.11 Å². The van der Waals surface area contributed by atoms with Crippen LogP contribution >= 0.6 is 0 Å². The van der Waals surface area contributed by atoms with Gasteiger partial charge in [-0.05, 0) is 24.3 Å². The van der Waals surface area contributed by atoms with Crippen molar-refractivity contribution in [3.8, 4) is 5.69 Å². The van der Waals surface area contributed by atoms with Gasteiger partial charge in [-0.2, -0.15) is 0 Å². The summed E-state index contributed by atoms with van der Waals surface area (Å²) in [6.45, 7) is 6.03. The number of aromatic nitrogens is 2. The molecule has 2 aromatic rings. The maximum atomic E-state index is 11.9. The monoisotopic (exact) mass is 260 g/mol. The largest absolute Gasteiger partial charge is 0.478 e. The quantitative estimate of drug-likeness (QED) is 0.868. The lowest BCUT2D eigenvalue weighted by Gasteiger charge is -2.15. The SMILES string of the molecule is CC(C)(C)c1cc(=O)n(-c2ccc(C(=O)O)cc2)[nH]1. The van der Waals surface area contributed by atoms with Crippen LogP contribution in [0.2, 0.25) is 0 Å². The summed E-state index contributed by atoms with van der Waals surface area (Å²) in [5, 5.41) is 11.9. The number of carboxylic acids is 1. The number of carboxylic acid groups (broad SMARTS) is 1. The van der Waals surface area contributed by atoms with Gasteiger partial charge in [0.05, 0.1) is 11.3 Å². The van der Waals surface area contributed by atoms with Gasteiger partial charge in [-0.15, -0.1) is 0 Å². The van der Waals surface area contributed by atoms with Crippen LogP contribution in [0.15, 0.2) is 35.1 Å². The second kappa shape index (κ2) is 4.42. The van der Waals surface area contributed by atoms with Crippen molar-refractivity contribution in [1.82, 2.24) is 9.78 Å². The highest BCUT2D eigenvalue weighted by Crippen LogP contribution is 2.19. The molecule has 0 aliphatic heterocycles. The van der Waals surface area contributed by atoms with Crippen molar-refractivity contribution in [1.29, 1.82) is 0 Å². The first-order chi connectivity index (χ1) is 8.79. The Morgan fingerprint density at radius 2 is 1.79 bits per heavy atom. The van der Waals surface area contributed by atoms with Gasteiger partial charge in [0, 0.05) is 17.2 Å². The zero-order valence-electron chi connectivity index (χ0n) is 11.1. The summed E-state index contributed by atoms with van der Waals surface area (Å²) >= 11 is 0. The number of aromatic carboxylic acids is 1. The highest BCUT2D eigenvalue weighted by molar-refractivity contribution is 5.87. The first-order valence-electron chi connectivity index (χ1n) is 5.95. The lowest BCUT2D eigenvalue weighted by Crippen LogP contribution is -2.14. The van der Waals surface area contributed by atoms with E-state index >= 15 is 0 Å². The fraction of sp³-hybridized carbons (Fsp3) is 0.286. The summed E-state index contributed by atoms with van der Waals surface area (Å²) in [6.07, 6.45) is 0. The molecule has 0 amide bonds. The van der Waals surface area contributed by atoms with Gasteiger partial charge in [0.2, 0.25) is 0 Å². The summed E-state index contributed by atoms with van der Waals surface area (Å²) < 4.78 is 1.41. The second-order valence-corrected chi connectivity index (χ2v) is 5.45. The van der Waals surface area contributed by atoms with Crippen LogP contribution in [-0.4, -0.2) is 20.9 Å². The van der Waals surface area contributed by atoms with Crippen LogP contribution in [0.4, 0.5) is 0 Å². The fourth-order valence-electron chi connectivity index (χ4n) is 1.72. The minimum Gasteiger partial charge on any atom is -0.478 e. The first-order valence-corrected chi connectivity index (χ1v) is 5.95. The maximum Gasteiger partial charge on any atom is 0.335 e. The minimum absolute atomic E-state index is 0.147. The smallest absolute Gasteiger partial charge is 0.335 e. The van der Waals surface area contributed by atoms with E-state index < -0.39 is 5.97 Å². The van der Waals surface area contributed by atoms with Crippen molar-refractivity contribution in [3.05, 3.63) is 51.9 Å². The molecule has 0 aliphatic carbocycles. The highest BCUT2D eigenvalue weighted by Gasteiger charge is 2.18. The second-order valence-electron chi connectivity index (χ2n) is 5.45. The minimum atomic E-state index is -0.985. The number of nitrogens with zero attached hydrogens (tertiary/aromatic N) is 1. The molecule has 0 unspecified atom stereocenters. The van der Waals surface area contributed by atoms with Crippen LogP contribution < -0.4 is 5.56 Å². The number of hydrogen-bond acceptors (Lipinski definition) is 2. The average molecular weight is 260 g/mol. The molecule has 0 fully saturated rings. The zero-order chi connectivity index (χ0) is 14.2. The molecule has 1 aromatic heterocycles. The summed E-state index contributed by atoms with van der Waals surface area (Å²) in [5.74, 6) is -0.985. The van der Waals surface area contributed by atoms with Crippen LogP contribution in [0.3, 0.4) is 0 Å². The van der Waals surface area contributed by atoms with Crippen LogP contribution in [0.25, 0.3) is 5.69 Å². The fourth-order valence-corrected chi connectivity index (χ4v) is 1.72. The summed E-state index contributed by atoms with van der Waals surface area (Å²) in [4.78, 5) is 22.7. The topological polar surface area (TPSA) is 75.1 Å². The molecule has 0 saturated heterocycles. The lowest BCUT2D eigenvalue weighted by molar-refractivity contribution is 0.0697. The number of nitrogens with one attached hydrogen (secondary N) is 1. The van der Waals surface area contributed by atoms with E-state index in [9.17, 15) is 9.59 Å². The van der Waals surface area contributed by atoms with Gasteiger partial charge in [-0.1, -0.05) is 20.8 Å². The molecule has 2 rings (SSSR count). The molecular formula is C14H16N2O3. The molecule has 0 radical (unpaired) electrons. The predicted octanol–water partition coefficient (Wildman–Crippen LogP) is 2.16. The number of hydrogen-bond donors (Lipinski definition) is 2. The molecule has 5 heteroatoms. The van der Waals surface area contributed by atoms with Crippen molar-refractivity contribution in [2.45, 2.75) is 26.2 Å². The molecule has 0 bridgehead atoms. The number of benzene rings is 1. The Morgan fingerprint density at radius 3 is 2.21 bits per heavy atom. The third-order valence-electron chi connectivity index (χ3n) is 2.90. The Labute approximate surface area is 110 Å². The molecule has 2 N–H and O–H groups in total. The Morgan fingerprint density at radius 1 is 1.21 bits per heavy atom. The van der Waals surface area contributed by atoms with Crippen LogP contribution in [0.5, 0.6) is 0 Å². The standard InChI is InChI=1S/C14H16N2O3/c1-14(2,3)11-8-12(17)16(15-11)10-6-4-9(5-7-10)13(18)19/h4-8,15H,1-3H3,(H,18,19). The number of rotatable bonds is 2.